The normalized spacial score (nSPS) is 17.3. The summed E-state index contributed by atoms with van der Waals surface area (Å²) < 4.78 is 15.1. The van der Waals surface area contributed by atoms with E-state index >= 15 is 0 Å². The number of Topliss-reactive ketones (excluding diaryl/α,β-unsaturated/α-hetero) is 1. The molecule has 0 saturated carbocycles. The first-order valence-electron chi connectivity index (χ1n) is 26.8. The fraction of sp³-hybridized carbons (Fsp3) is 0.492. The summed E-state index contributed by atoms with van der Waals surface area (Å²) in [7, 11) is 0. The number of rotatable bonds is 16. The summed E-state index contributed by atoms with van der Waals surface area (Å²) in [5.74, 6) is -2.42. The number of piperazine rings is 2. The highest BCUT2D eigenvalue weighted by molar-refractivity contribution is 5.89. The summed E-state index contributed by atoms with van der Waals surface area (Å²) in [4.78, 5) is 91.4. The molecule has 4 N–H and O–H groups in total. The number of esters is 2. The molecule has 0 unspecified atom stereocenters. The highest BCUT2D eigenvalue weighted by Gasteiger charge is 2.47. The second-order valence-electron chi connectivity index (χ2n) is 21.9. The number of hydrogen-bond donors (Lipinski definition) is 3. The molecule has 0 radical (unpaired) electrons. The maximum absolute atomic E-state index is 13.8. The Labute approximate surface area is 461 Å². The van der Waals surface area contributed by atoms with E-state index in [-0.39, 0.29) is 37.1 Å². The summed E-state index contributed by atoms with van der Waals surface area (Å²) in [5.41, 5.74) is 11.2. The fourth-order valence-electron chi connectivity index (χ4n) is 9.26. The number of nitrogens with two attached hydrogens (primary N) is 1. The molecule has 0 aromatic heterocycles. The molecular weight excluding hydrogens is 995 g/mol. The van der Waals surface area contributed by atoms with Crippen LogP contribution >= 0.6 is 0 Å². The minimum Gasteiger partial charge on any atom is -0.444 e. The molecule has 6 atom stereocenters. The van der Waals surface area contributed by atoms with Gasteiger partial charge < -0.3 is 44.8 Å². The van der Waals surface area contributed by atoms with Crippen molar-refractivity contribution in [2.24, 2.45) is 11.7 Å². The highest BCUT2D eigenvalue weighted by atomic mass is 16.6. The van der Waals surface area contributed by atoms with E-state index in [9.17, 15) is 43.8 Å². The van der Waals surface area contributed by atoms with Crippen LogP contribution in [-0.2, 0) is 77.0 Å². The van der Waals surface area contributed by atoms with E-state index in [0.29, 0.717) is 39.0 Å². The largest absolute Gasteiger partial charge is 0.444 e. The predicted molar refractivity (Wildman–Crippen MR) is 297 cm³/mol. The molecule has 4 aromatic carbocycles. The molecule has 2 aliphatic heterocycles. The number of aliphatic hydroxyl groups is 2. The van der Waals surface area contributed by atoms with Crippen LogP contribution in [0.15, 0.2) is 109 Å². The lowest BCUT2D eigenvalue weighted by Crippen LogP contribution is -2.65. The molecule has 17 nitrogen and oxygen atoms in total. The quantitative estimate of drug-likeness (QED) is 0.0558. The van der Waals surface area contributed by atoms with Gasteiger partial charge in [0.05, 0.1) is 12.2 Å². The van der Waals surface area contributed by atoms with Crippen LogP contribution in [0.2, 0.25) is 0 Å². The Morgan fingerprint density at radius 2 is 0.923 bits per heavy atom. The number of carbonyl (C=O) groups excluding carboxylic acids is 7. The minimum absolute atomic E-state index is 0.0797. The van der Waals surface area contributed by atoms with Crippen LogP contribution in [-0.4, -0.2) is 139 Å². The van der Waals surface area contributed by atoms with Crippen molar-refractivity contribution >= 4 is 41.7 Å². The smallest absolute Gasteiger partial charge is 0.411 e. The molecule has 17 heteroatoms. The van der Waals surface area contributed by atoms with Gasteiger partial charge in [0.2, 0.25) is 11.8 Å². The van der Waals surface area contributed by atoms with Crippen molar-refractivity contribution in [1.82, 2.24) is 19.6 Å². The third-order valence-corrected chi connectivity index (χ3v) is 12.9. The van der Waals surface area contributed by atoms with Gasteiger partial charge in [0.15, 0.2) is 0 Å². The van der Waals surface area contributed by atoms with E-state index in [1.807, 2.05) is 97.1 Å². The first-order valence-corrected chi connectivity index (χ1v) is 26.8. The van der Waals surface area contributed by atoms with E-state index < -0.39 is 71.6 Å². The Bertz CT molecular complexity index is 2600. The van der Waals surface area contributed by atoms with Gasteiger partial charge >= 0.3 is 24.1 Å². The zero-order valence-corrected chi connectivity index (χ0v) is 47.5. The number of amides is 4. The van der Waals surface area contributed by atoms with Crippen molar-refractivity contribution in [3.8, 4) is 0 Å². The van der Waals surface area contributed by atoms with Crippen LogP contribution in [0.3, 0.4) is 0 Å². The van der Waals surface area contributed by atoms with E-state index in [1.54, 1.807) is 51.3 Å². The van der Waals surface area contributed by atoms with Crippen LogP contribution < -0.4 is 5.73 Å². The van der Waals surface area contributed by atoms with Crippen molar-refractivity contribution in [2.45, 2.75) is 163 Å². The lowest BCUT2D eigenvalue weighted by molar-refractivity contribution is -0.156. The molecule has 2 aliphatic rings. The van der Waals surface area contributed by atoms with Crippen molar-refractivity contribution in [1.29, 1.82) is 0 Å². The summed E-state index contributed by atoms with van der Waals surface area (Å²) in [5, 5.41) is 23.0. The van der Waals surface area contributed by atoms with Gasteiger partial charge in [-0.05, 0) is 113 Å². The zero-order chi connectivity index (χ0) is 57.9. The molecule has 2 saturated heterocycles. The first-order chi connectivity index (χ1) is 36.7. The summed E-state index contributed by atoms with van der Waals surface area (Å²) in [6, 6.07) is 32.4. The molecule has 4 aromatic rings. The molecule has 2 fully saturated rings. The molecule has 0 bridgehead atoms. The third-order valence-electron chi connectivity index (χ3n) is 12.9. The Morgan fingerprint density at radius 1 is 0.551 bits per heavy atom. The van der Waals surface area contributed by atoms with E-state index in [2.05, 4.69) is 30.7 Å². The van der Waals surface area contributed by atoms with Gasteiger partial charge in [0.25, 0.3) is 0 Å². The summed E-state index contributed by atoms with van der Waals surface area (Å²) in [6.07, 6.45) is -1.08. The van der Waals surface area contributed by atoms with Crippen LogP contribution in [0.25, 0.3) is 0 Å². The van der Waals surface area contributed by atoms with Gasteiger partial charge in [-0.1, -0.05) is 123 Å². The Morgan fingerprint density at radius 3 is 1.28 bits per heavy atom. The standard InChI is InChI=1S/C30H40N2O5.C27H37N3O4.C4H6O3/c1-6-22-13-10-14-24(18-22)19-25(17-21(2)33)27(34)26-28(35)31(20-23-11-8-7-9-12-23)15-16-32(26)29(36)37-30(3,4)5;1-5-19-12-9-13-21(16-19)17-22(28)24(31)23-25(32)29(18-20-10-7-6-8-11-20)14-15-30(23)26(33)34-27(2,3)4;1-3(5)7-4(2)6/h7-14,18,25-27,34H,6,15-17,19-20H2,1-5H3;6-13,16,22-24,31H,5,14-15,17-18,28H2,1-4H3;1-2H3/t25-,26-,27-;22-,23-,24-;/m00./s1. The second kappa shape index (κ2) is 29.7. The molecule has 6 rings (SSSR count). The van der Waals surface area contributed by atoms with Gasteiger partial charge in [-0.2, -0.15) is 0 Å². The number of carbonyl (C=O) groups is 7. The average molecular weight is 1080 g/mol. The Hall–Kier alpha value is -6.95. The van der Waals surface area contributed by atoms with Crippen LogP contribution in [0, 0.1) is 5.92 Å². The van der Waals surface area contributed by atoms with Gasteiger partial charge in [0, 0.05) is 65.6 Å². The average Bonchev–Trinajstić information content (AvgIpc) is 3.43. The minimum atomic E-state index is -1.25. The summed E-state index contributed by atoms with van der Waals surface area (Å²) >= 11 is 0. The second-order valence-corrected chi connectivity index (χ2v) is 21.9. The fourth-order valence-corrected chi connectivity index (χ4v) is 9.26. The number of ether oxygens (including phenoxy) is 3. The highest BCUT2D eigenvalue weighted by Crippen LogP contribution is 2.29. The molecule has 78 heavy (non-hydrogen) atoms. The van der Waals surface area contributed by atoms with Crippen molar-refractivity contribution in [3.05, 3.63) is 143 Å². The van der Waals surface area contributed by atoms with Gasteiger partial charge in [-0.15, -0.1) is 0 Å². The van der Waals surface area contributed by atoms with Crippen molar-refractivity contribution in [3.63, 3.8) is 0 Å². The maximum atomic E-state index is 13.8. The number of aliphatic hydroxyl groups excluding tert-OH is 2. The molecular formula is C61H83N5O12. The number of nitrogens with zero attached hydrogens (tertiary/aromatic N) is 4. The van der Waals surface area contributed by atoms with Crippen LogP contribution in [0.5, 0.6) is 0 Å². The van der Waals surface area contributed by atoms with Crippen LogP contribution in [0.1, 0.15) is 116 Å². The Balaban J connectivity index is 0.000000300. The molecule has 0 spiro atoms. The molecule has 2 heterocycles. The topological polar surface area (TPSA) is 227 Å². The number of benzene rings is 4. The molecule has 424 valence electrons. The van der Waals surface area contributed by atoms with Gasteiger partial charge in [0.1, 0.15) is 29.1 Å². The number of aryl methyl sites for hydroxylation is 2. The monoisotopic (exact) mass is 1080 g/mol. The van der Waals surface area contributed by atoms with Gasteiger partial charge in [-0.25, -0.2) is 9.59 Å². The first kappa shape index (κ1) is 63.6. The van der Waals surface area contributed by atoms with E-state index in [4.69, 9.17) is 15.2 Å². The van der Waals surface area contributed by atoms with Gasteiger partial charge in [-0.3, -0.25) is 29.0 Å². The van der Waals surface area contributed by atoms with Crippen molar-refractivity contribution in [2.75, 3.05) is 26.2 Å². The number of ketones is 1. The lowest BCUT2D eigenvalue weighted by Gasteiger charge is -2.44. The molecule has 0 aliphatic carbocycles. The zero-order valence-electron chi connectivity index (χ0n) is 47.5. The Kier molecular flexibility index (Phi) is 24.2. The third kappa shape index (κ3) is 20.4. The van der Waals surface area contributed by atoms with Crippen LogP contribution in [0.4, 0.5) is 9.59 Å². The number of hydrogen-bond acceptors (Lipinski definition) is 13. The van der Waals surface area contributed by atoms with Crippen molar-refractivity contribution < 1.29 is 58.0 Å². The predicted octanol–water partition coefficient (Wildman–Crippen LogP) is 7.62. The van der Waals surface area contributed by atoms with E-state index in [1.165, 1.54) is 36.1 Å². The lowest BCUT2D eigenvalue weighted by atomic mass is 9.84. The van der Waals surface area contributed by atoms with E-state index in [0.717, 1.165) is 40.7 Å². The SMILES string of the molecule is CC(=O)OC(C)=O.CCc1cccc(C[C@H](CC(C)=O)[C@H](O)[C@H]2C(=O)N(Cc3ccccc3)CCN2C(=O)OC(C)(C)C)c1.CCc1cccc(C[C@H](N)[C@H](O)[C@H]2C(=O)N(Cc3ccccc3)CCN2C(=O)OC(C)(C)C)c1. The molecule has 4 amide bonds. The summed E-state index contributed by atoms with van der Waals surface area (Å²) in [6.45, 7) is 20.6. The maximum Gasteiger partial charge on any atom is 0.411 e.